The monoisotopic (exact) mass is 266 g/mol. The fourth-order valence-electron chi connectivity index (χ4n) is 3.33. The minimum absolute atomic E-state index is 0.199. The molecular weight excluding hydrogens is 240 g/mol. The lowest BCUT2D eigenvalue weighted by atomic mass is 10.3. The van der Waals surface area contributed by atoms with Crippen molar-refractivity contribution < 1.29 is 9.53 Å². The lowest BCUT2D eigenvalue weighted by molar-refractivity contribution is -0.137. The number of amides is 1. The van der Waals surface area contributed by atoms with Crippen LogP contribution in [0.4, 0.5) is 0 Å². The quantitative estimate of drug-likeness (QED) is 0.775. The van der Waals surface area contributed by atoms with Gasteiger partial charge in [0.1, 0.15) is 6.61 Å². The molecule has 4 heteroatoms. The highest BCUT2D eigenvalue weighted by atomic mass is 16.5. The summed E-state index contributed by atoms with van der Waals surface area (Å²) in [6.45, 7) is 4.32. The van der Waals surface area contributed by atoms with Crippen LogP contribution in [-0.4, -0.2) is 60.6 Å². The van der Waals surface area contributed by atoms with Crippen molar-refractivity contribution >= 4 is 5.91 Å². The second-order valence-electron chi connectivity index (χ2n) is 6.22. The highest BCUT2D eigenvalue weighted by molar-refractivity contribution is 5.77. The van der Waals surface area contributed by atoms with Crippen LogP contribution in [0, 0.1) is 0 Å². The number of hydrogen-bond donors (Lipinski definition) is 0. The second-order valence-corrected chi connectivity index (χ2v) is 6.22. The van der Waals surface area contributed by atoms with E-state index in [2.05, 4.69) is 4.90 Å². The van der Waals surface area contributed by atoms with E-state index >= 15 is 0 Å². The van der Waals surface area contributed by atoms with Crippen molar-refractivity contribution in [3.8, 4) is 0 Å². The molecule has 1 amide bonds. The first-order chi connectivity index (χ1) is 9.33. The molecule has 4 nitrogen and oxygen atoms in total. The smallest absolute Gasteiger partial charge is 0.248 e. The molecule has 0 radical (unpaired) electrons. The van der Waals surface area contributed by atoms with Crippen molar-refractivity contribution in [3.63, 3.8) is 0 Å². The molecule has 1 aliphatic heterocycles. The summed E-state index contributed by atoms with van der Waals surface area (Å²) in [7, 11) is 0. The molecule has 2 aliphatic carbocycles. The molecule has 3 fully saturated rings. The molecular formula is C15H26N2O2. The average molecular weight is 266 g/mol. The molecule has 0 aromatic heterocycles. The van der Waals surface area contributed by atoms with Crippen molar-refractivity contribution in [2.24, 2.45) is 0 Å². The van der Waals surface area contributed by atoms with Crippen LogP contribution in [0.1, 0.15) is 44.9 Å². The molecule has 0 spiro atoms. The Balaban J connectivity index is 1.41. The summed E-state index contributed by atoms with van der Waals surface area (Å²) in [5.41, 5.74) is 0. The molecule has 108 valence electrons. The lowest BCUT2D eigenvalue weighted by Crippen LogP contribution is -2.38. The Labute approximate surface area is 116 Å². The van der Waals surface area contributed by atoms with E-state index in [0.717, 1.165) is 51.5 Å². The zero-order chi connectivity index (χ0) is 13.1. The fraction of sp³-hybridized carbons (Fsp3) is 0.933. The number of rotatable bonds is 4. The van der Waals surface area contributed by atoms with Gasteiger partial charge in [-0.05, 0) is 32.1 Å². The molecule has 1 heterocycles. The van der Waals surface area contributed by atoms with Gasteiger partial charge in [0, 0.05) is 32.2 Å². The standard InChI is InChI=1S/C15H26N2O2/c18-15(12-19-14-4-1-2-5-14)17-9-3-8-16(10-11-17)13-6-7-13/h13-14H,1-12H2. The van der Waals surface area contributed by atoms with Gasteiger partial charge in [-0.2, -0.15) is 0 Å². The lowest BCUT2D eigenvalue weighted by Gasteiger charge is -2.22. The first-order valence-corrected chi connectivity index (χ1v) is 7.96. The molecule has 0 aromatic rings. The maximum Gasteiger partial charge on any atom is 0.248 e. The summed E-state index contributed by atoms with van der Waals surface area (Å²) in [5.74, 6) is 0.199. The summed E-state index contributed by atoms with van der Waals surface area (Å²) in [5, 5.41) is 0. The number of ether oxygens (including phenoxy) is 1. The van der Waals surface area contributed by atoms with E-state index in [4.69, 9.17) is 4.74 Å². The first kappa shape index (κ1) is 13.4. The van der Waals surface area contributed by atoms with Gasteiger partial charge in [0.25, 0.3) is 0 Å². The summed E-state index contributed by atoms with van der Waals surface area (Å²) in [6.07, 6.45) is 8.99. The fourth-order valence-corrected chi connectivity index (χ4v) is 3.33. The SMILES string of the molecule is O=C(COC1CCCC1)N1CCCN(C2CC2)CC1. The van der Waals surface area contributed by atoms with Crippen molar-refractivity contribution in [2.45, 2.75) is 57.1 Å². The van der Waals surface area contributed by atoms with E-state index in [1.807, 2.05) is 4.90 Å². The van der Waals surface area contributed by atoms with E-state index in [0.29, 0.717) is 12.7 Å². The van der Waals surface area contributed by atoms with Crippen molar-refractivity contribution in [3.05, 3.63) is 0 Å². The highest BCUT2D eigenvalue weighted by Crippen LogP contribution is 2.27. The Morgan fingerprint density at radius 1 is 0.947 bits per heavy atom. The van der Waals surface area contributed by atoms with E-state index < -0.39 is 0 Å². The third-order valence-corrected chi connectivity index (χ3v) is 4.69. The Morgan fingerprint density at radius 2 is 1.74 bits per heavy atom. The third kappa shape index (κ3) is 3.69. The Kier molecular flexibility index (Phi) is 4.38. The average Bonchev–Trinajstić information content (AvgIpc) is 3.17. The van der Waals surface area contributed by atoms with Crippen LogP contribution in [0.15, 0.2) is 0 Å². The molecule has 3 aliphatic rings. The Bertz CT molecular complexity index is 311. The molecule has 19 heavy (non-hydrogen) atoms. The van der Waals surface area contributed by atoms with Gasteiger partial charge in [0.2, 0.25) is 5.91 Å². The number of hydrogen-bond acceptors (Lipinski definition) is 3. The van der Waals surface area contributed by atoms with Crippen LogP contribution < -0.4 is 0 Å². The highest BCUT2D eigenvalue weighted by Gasteiger charge is 2.30. The molecule has 0 aromatic carbocycles. The van der Waals surface area contributed by atoms with Crippen LogP contribution in [0.2, 0.25) is 0 Å². The van der Waals surface area contributed by atoms with E-state index in [1.54, 1.807) is 0 Å². The van der Waals surface area contributed by atoms with E-state index in [1.165, 1.54) is 25.7 Å². The van der Waals surface area contributed by atoms with Crippen LogP contribution in [0.3, 0.4) is 0 Å². The second kappa shape index (κ2) is 6.23. The summed E-state index contributed by atoms with van der Waals surface area (Å²) < 4.78 is 5.74. The van der Waals surface area contributed by atoms with Crippen molar-refractivity contribution in [1.82, 2.24) is 9.80 Å². The van der Waals surface area contributed by atoms with E-state index in [-0.39, 0.29) is 5.91 Å². The molecule has 3 rings (SSSR count). The predicted octanol–water partition coefficient (Wildman–Crippen LogP) is 1.64. The summed E-state index contributed by atoms with van der Waals surface area (Å²) in [4.78, 5) is 16.8. The van der Waals surface area contributed by atoms with Gasteiger partial charge in [-0.25, -0.2) is 0 Å². The normalized spacial score (nSPS) is 26.6. The predicted molar refractivity (Wildman–Crippen MR) is 74.0 cm³/mol. The Hall–Kier alpha value is -0.610. The maximum absolute atomic E-state index is 12.2. The van der Waals surface area contributed by atoms with Crippen LogP contribution >= 0.6 is 0 Å². The van der Waals surface area contributed by atoms with Crippen molar-refractivity contribution in [1.29, 1.82) is 0 Å². The molecule has 0 unspecified atom stereocenters. The van der Waals surface area contributed by atoms with Crippen molar-refractivity contribution in [2.75, 3.05) is 32.8 Å². The molecule has 0 atom stereocenters. The minimum Gasteiger partial charge on any atom is -0.368 e. The zero-order valence-corrected chi connectivity index (χ0v) is 11.9. The zero-order valence-electron chi connectivity index (χ0n) is 11.9. The van der Waals surface area contributed by atoms with Gasteiger partial charge in [0.15, 0.2) is 0 Å². The van der Waals surface area contributed by atoms with Gasteiger partial charge in [-0.1, -0.05) is 12.8 Å². The summed E-state index contributed by atoms with van der Waals surface area (Å²) in [6, 6.07) is 0.824. The van der Waals surface area contributed by atoms with Gasteiger partial charge in [-0.3, -0.25) is 9.69 Å². The van der Waals surface area contributed by atoms with Gasteiger partial charge >= 0.3 is 0 Å². The van der Waals surface area contributed by atoms with Gasteiger partial charge < -0.3 is 9.64 Å². The third-order valence-electron chi connectivity index (χ3n) is 4.69. The molecule has 1 saturated heterocycles. The maximum atomic E-state index is 12.2. The number of carbonyl (C=O) groups is 1. The Morgan fingerprint density at radius 3 is 2.47 bits per heavy atom. The number of carbonyl (C=O) groups excluding carboxylic acids is 1. The van der Waals surface area contributed by atoms with Crippen LogP contribution in [0.25, 0.3) is 0 Å². The van der Waals surface area contributed by atoms with E-state index in [9.17, 15) is 4.79 Å². The van der Waals surface area contributed by atoms with Crippen LogP contribution in [-0.2, 0) is 9.53 Å². The van der Waals surface area contributed by atoms with Gasteiger partial charge in [-0.15, -0.1) is 0 Å². The molecule has 0 N–H and O–H groups in total. The molecule has 0 bridgehead atoms. The first-order valence-electron chi connectivity index (χ1n) is 7.96. The summed E-state index contributed by atoms with van der Waals surface area (Å²) >= 11 is 0. The van der Waals surface area contributed by atoms with Crippen LogP contribution in [0.5, 0.6) is 0 Å². The van der Waals surface area contributed by atoms with Gasteiger partial charge in [0.05, 0.1) is 6.10 Å². The molecule has 2 saturated carbocycles. The topological polar surface area (TPSA) is 32.8 Å². The largest absolute Gasteiger partial charge is 0.368 e. The number of nitrogens with zero attached hydrogens (tertiary/aromatic N) is 2. The minimum atomic E-state index is 0.199.